The predicted octanol–water partition coefficient (Wildman–Crippen LogP) is 5.31. The molecule has 3 fully saturated rings. The fraction of sp³-hybridized carbons (Fsp3) is 0.514. The number of nitrogen functional groups attached to an aromatic ring is 1. The molecular weight excluding hydrogens is 734 g/mol. The van der Waals surface area contributed by atoms with Gasteiger partial charge in [0.2, 0.25) is 5.82 Å². The Morgan fingerprint density at radius 3 is 2.61 bits per heavy atom. The number of rotatable bonds is 8. The average Bonchev–Trinajstić information content (AvgIpc) is 3.71. The van der Waals surface area contributed by atoms with Crippen LogP contribution in [0.4, 0.5) is 34.0 Å². The summed E-state index contributed by atoms with van der Waals surface area (Å²) >= 11 is 6.67. The third-order valence-corrected chi connectivity index (χ3v) is 10.8. The number of fused-ring (bicyclic) bond motifs is 1. The van der Waals surface area contributed by atoms with Gasteiger partial charge in [-0.15, -0.1) is 10.2 Å². The number of nitrogens with zero attached hydrogens (tertiary/aromatic N) is 10. The summed E-state index contributed by atoms with van der Waals surface area (Å²) in [6.07, 6.45) is -0.971. The normalized spacial score (nSPS) is 20.2. The van der Waals surface area contributed by atoms with E-state index in [1.807, 2.05) is 17.9 Å². The van der Waals surface area contributed by atoms with Gasteiger partial charge in [0.05, 0.1) is 41.7 Å². The number of amides is 1. The molecule has 7 rings (SSSR count). The summed E-state index contributed by atoms with van der Waals surface area (Å²) in [6.45, 7) is 7.43. The van der Waals surface area contributed by atoms with Crippen LogP contribution in [0.2, 0.25) is 5.02 Å². The Balaban J connectivity index is 1.26. The molecule has 1 amide bonds. The number of pyridine rings is 1. The molecule has 286 valence electrons. The number of aromatic nitrogens is 6. The van der Waals surface area contributed by atoms with E-state index in [0.29, 0.717) is 32.6 Å². The quantitative estimate of drug-likeness (QED) is 0.230. The smallest absolute Gasteiger partial charge is 0.418 e. The predicted molar refractivity (Wildman–Crippen MR) is 189 cm³/mol. The van der Waals surface area contributed by atoms with Crippen LogP contribution >= 0.6 is 11.6 Å². The molecule has 5 heterocycles. The highest BCUT2D eigenvalue weighted by atomic mass is 35.5. The first-order valence-corrected chi connectivity index (χ1v) is 17.9. The number of alkyl halides is 3. The zero-order valence-corrected chi connectivity index (χ0v) is 30.6. The van der Waals surface area contributed by atoms with Gasteiger partial charge >= 0.3 is 18.2 Å². The summed E-state index contributed by atoms with van der Waals surface area (Å²) < 4.78 is 72.9. The average molecular weight is 772 g/mol. The molecule has 3 aromatic heterocycles. The van der Waals surface area contributed by atoms with Gasteiger partial charge in [-0.2, -0.15) is 28.4 Å². The number of halogens is 5. The molecule has 0 bridgehead atoms. The molecule has 0 radical (unpaired) electrons. The summed E-state index contributed by atoms with van der Waals surface area (Å²) in [7, 11) is 1.63. The van der Waals surface area contributed by atoms with E-state index in [1.54, 1.807) is 7.05 Å². The first kappa shape index (κ1) is 37.5. The third-order valence-electron chi connectivity index (χ3n) is 10.6. The van der Waals surface area contributed by atoms with E-state index in [9.17, 15) is 23.2 Å². The van der Waals surface area contributed by atoms with Gasteiger partial charge in [0.15, 0.2) is 5.82 Å². The standard InChI is InChI=1S/C35H38ClF4N11O3/c1-19-12-24(42)44-30(27(19)35(38,39)40)26-23(36)14-22-29(28(26)37)45-32(54-17-34(5-6-34)16-49-8-10-53-11-9-49)46-31(22)50-7-4-21(13-20(50)2)48(3)33(52)51-18-43-47-25(51)15-41/h12,14,18,20-21H,4-11,13,16-17H2,1-3H3,(H2,42,44)/t20-,21?/m1/s1. The Morgan fingerprint density at radius 1 is 1.20 bits per heavy atom. The molecule has 14 nitrogen and oxygen atoms in total. The topological polar surface area (TPSA) is 164 Å². The minimum atomic E-state index is -4.89. The highest BCUT2D eigenvalue weighted by molar-refractivity contribution is 6.34. The Morgan fingerprint density at radius 2 is 1.94 bits per heavy atom. The van der Waals surface area contributed by atoms with Gasteiger partial charge in [-0.3, -0.25) is 4.90 Å². The van der Waals surface area contributed by atoms with Gasteiger partial charge in [0, 0.05) is 56.1 Å². The van der Waals surface area contributed by atoms with Crippen molar-refractivity contribution in [1.29, 1.82) is 5.26 Å². The molecule has 2 saturated heterocycles. The monoisotopic (exact) mass is 771 g/mol. The van der Waals surface area contributed by atoms with Gasteiger partial charge in [-0.1, -0.05) is 11.6 Å². The fourth-order valence-electron chi connectivity index (χ4n) is 7.46. The number of hydrogen-bond donors (Lipinski definition) is 1. The van der Waals surface area contributed by atoms with E-state index in [4.69, 9.17) is 31.8 Å². The van der Waals surface area contributed by atoms with E-state index in [1.165, 1.54) is 24.2 Å². The lowest BCUT2D eigenvalue weighted by atomic mass is 9.96. The van der Waals surface area contributed by atoms with Crippen molar-refractivity contribution in [3.63, 3.8) is 0 Å². The van der Waals surface area contributed by atoms with E-state index < -0.39 is 34.8 Å². The summed E-state index contributed by atoms with van der Waals surface area (Å²) in [5.74, 6) is -1.22. The van der Waals surface area contributed by atoms with Crippen LogP contribution < -0.4 is 15.4 Å². The fourth-order valence-corrected chi connectivity index (χ4v) is 7.75. The minimum Gasteiger partial charge on any atom is -0.463 e. The van der Waals surface area contributed by atoms with Crippen LogP contribution in [0.5, 0.6) is 6.01 Å². The molecule has 1 saturated carbocycles. The molecule has 1 unspecified atom stereocenters. The van der Waals surface area contributed by atoms with Gasteiger partial charge in [-0.25, -0.2) is 18.7 Å². The number of aryl methyl sites for hydroxylation is 1. The lowest BCUT2D eigenvalue weighted by molar-refractivity contribution is -0.137. The number of morpholine rings is 1. The van der Waals surface area contributed by atoms with Crippen molar-refractivity contribution in [3.05, 3.63) is 46.3 Å². The van der Waals surface area contributed by atoms with Gasteiger partial charge in [-0.05, 0) is 57.2 Å². The van der Waals surface area contributed by atoms with Crippen LogP contribution in [0.25, 0.3) is 22.2 Å². The number of hydrogen-bond acceptors (Lipinski definition) is 12. The van der Waals surface area contributed by atoms with Gasteiger partial charge in [0.25, 0.3) is 0 Å². The van der Waals surface area contributed by atoms with Crippen LogP contribution in [-0.4, -0.2) is 111 Å². The second-order valence-corrected chi connectivity index (χ2v) is 14.7. The SMILES string of the molecule is Cc1cc(N)nc(-c2c(Cl)cc3c(N4CCC(N(C)C(=O)n5cnnc5C#N)C[C@H]4C)nc(OCC4(CN5CCOCC5)CC4)nc3c2F)c1C(F)(F)F. The molecule has 3 aliphatic rings. The molecule has 2 aliphatic heterocycles. The summed E-state index contributed by atoms with van der Waals surface area (Å²) in [4.78, 5) is 32.2. The number of nitrogens with two attached hydrogens (primary N) is 1. The Labute approximate surface area is 312 Å². The largest absolute Gasteiger partial charge is 0.463 e. The molecule has 19 heteroatoms. The zero-order chi connectivity index (χ0) is 38.5. The number of ether oxygens (including phenoxy) is 2. The van der Waals surface area contributed by atoms with Crippen LogP contribution in [0, 0.1) is 29.5 Å². The zero-order valence-electron chi connectivity index (χ0n) is 29.8. The highest BCUT2D eigenvalue weighted by Crippen LogP contribution is 2.48. The minimum absolute atomic E-state index is 0.135. The summed E-state index contributed by atoms with van der Waals surface area (Å²) in [5, 5.41) is 16.5. The second kappa shape index (κ2) is 14.4. The van der Waals surface area contributed by atoms with Crippen molar-refractivity contribution in [3.8, 4) is 23.3 Å². The molecule has 1 aliphatic carbocycles. The van der Waals surface area contributed by atoms with Crippen molar-refractivity contribution >= 4 is 40.2 Å². The third kappa shape index (κ3) is 7.19. The first-order valence-electron chi connectivity index (χ1n) is 17.5. The maximum Gasteiger partial charge on any atom is 0.418 e. The van der Waals surface area contributed by atoms with E-state index in [2.05, 4.69) is 25.1 Å². The number of anilines is 2. The molecular formula is C35H38ClF4N11O3. The first-order chi connectivity index (χ1) is 25.7. The Hall–Kier alpha value is -4.86. The number of carbonyl (C=O) groups excluding carboxylic acids is 1. The molecule has 1 aromatic carbocycles. The lowest BCUT2D eigenvalue weighted by Crippen LogP contribution is -2.50. The Kier molecular flexibility index (Phi) is 10.00. The van der Waals surface area contributed by atoms with E-state index >= 15 is 4.39 Å². The van der Waals surface area contributed by atoms with Gasteiger partial charge < -0.3 is 25.0 Å². The van der Waals surface area contributed by atoms with E-state index in [0.717, 1.165) is 43.1 Å². The van der Waals surface area contributed by atoms with Crippen LogP contribution in [-0.2, 0) is 10.9 Å². The lowest BCUT2D eigenvalue weighted by Gasteiger charge is -2.42. The van der Waals surface area contributed by atoms with Gasteiger partial charge in [0.1, 0.15) is 29.5 Å². The molecule has 2 N–H and O–H groups in total. The summed E-state index contributed by atoms with van der Waals surface area (Å²) in [5.41, 5.74) is 2.70. The molecule has 54 heavy (non-hydrogen) atoms. The number of piperidine rings is 1. The van der Waals surface area contributed by atoms with Crippen molar-refractivity contribution in [2.45, 2.75) is 57.8 Å². The van der Waals surface area contributed by atoms with Crippen molar-refractivity contribution in [2.24, 2.45) is 5.41 Å². The van der Waals surface area contributed by atoms with Crippen LogP contribution in [0.15, 0.2) is 18.5 Å². The number of nitriles is 1. The molecule has 0 spiro atoms. The van der Waals surface area contributed by atoms with Crippen molar-refractivity contribution in [1.82, 2.24) is 39.5 Å². The molecule has 2 atom stereocenters. The van der Waals surface area contributed by atoms with E-state index in [-0.39, 0.29) is 69.1 Å². The second-order valence-electron chi connectivity index (χ2n) is 14.3. The Bertz CT molecular complexity index is 2130. The molecule has 4 aromatic rings. The van der Waals surface area contributed by atoms with Crippen LogP contribution in [0.3, 0.4) is 0 Å². The van der Waals surface area contributed by atoms with Crippen molar-refractivity contribution in [2.75, 3.05) is 63.7 Å². The number of carbonyl (C=O) groups is 1. The maximum atomic E-state index is 16.9. The maximum absolute atomic E-state index is 16.9. The van der Waals surface area contributed by atoms with Crippen molar-refractivity contribution < 1.29 is 31.8 Å². The highest BCUT2D eigenvalue weighted by Gasteiger charge is 2.45. The van der Waals surface area contributed by atoms with Crippen LogP contribution in [0.1, 0.15) is 49.6 Å². The summed E-state index contributed by atoms with van der Waals surface area (Å²) in [6, 6.07) is 3.12. The number of benzene rings is 1.